The SMILES string of the molecule is CNCCCNC(=O)C(CC(=O)O)N(C)C(=O)CCCCCSS(C)(=O)=O. The van der Waals surface area contributed by atoms with Crippen molar-refractivity contribution in [3.05, 3.63) is 0 Å². The molecule has 158 valence electrons. The van der Waals surface area contributed by atoms with Crippen LogP contribution >= 0.6 is 10.8 Å². The van der Waals surface area contributed by atoms with Crippen LogP contribution in [0.1, 0.15) is 38.5 Å². The molecule has 0 bridgehead atoms. The second kappa shape index (κ2) is 13.8. The van der Waals surface area contributed by atoms with Gasteiger partial charge in [-0.2, -0.15) is 0 Å². The van der Waals surface area contributed by atoms with Gasteiger partial charge in [-0.05, 0) is 43.6 Å². The van der Waals surface area contributed by atoms with E-state index in [9.17, 15) is 22.8 Å². The molecule has 0 saturated carbocycles. The van der Waals surface area contributed by atoms with Crippen molar-refractivity contribution in [2.24, 2.45) is 0 Å². The fraction of sp³-hybridized carbons (Fsp3) is 0.812. The summed E-state index contributed by atoms with van der Waals surface area (Å²) < 4.78 is 22.0. The first-order chi connectivity index (χ1) is 12.6. The zero-order valence-corrected chi connectivity index (χ0v) is 17.8. The quantitative estimate of drug-likeness (QED) is 0.251. The standard InChI is InChI=1S/C16H31N3O6S2/c1-17-9-7-10-18-16(23)13(12-15(21)22)19(2)14(20)8-5-4-6-11-26-27(3,24)25/h13,17H,4-12H2,1-3H3,(H,18,23)(H,21,22). The summed E-state index contributed by atoms with van der Waals surface area (Å²) in [5.74, 6) is -1.46. The van der Waals surface area contributed by atoms with Crippen LogP contribution in [0.15, 0.2) is 0 Å². The number of rotatable bonds is 15. The molecule has 0 aromatic heterocycles. The van der Waals surface area contributed by atoms with Crippen LogP contribution in [0.25, 0.3) is 0 Å². The molecule has 0 aliphatic carbocycles. The molecule has 11 heteroatoms. The minimum Gasteiger partial charge on any atom is -0.481 e. The lowest BCUT2D eigenvalue weighted by molar-refractivity contribution is -0.145. The average molecular weight is 426 g/mol. The Hall–Kier alpha value is -1.33. The van der Waals surface area contributed by atoms with Gasteiger partial charge in [-0.25, -0.2) is 8.42 Å². The van der Waals surface area contributed by atoms with Crippen LogP contribution in [-0.4, -0.2) is 81.4 Å². The number of carbonyl (C=O) groups is 3. The highest BCUT2D eigenvalue weighted by atomic mass is 33.1. The molecule has 0 heterocycles. The normalized spacial score (nSPS) is 12.4. The van der Waals surface area contributed by atoms with Crippen LogP contribution in [0.4, 0.5) is 0 Å². The van der Waals surface area contributed by atoms with Crippen molar-refractivity contribution in [1.82, 2.24) is 15.5 Å². The summed E-state index contributed by atoms with van der Waals surface area (Å²) in [6.07, 6.45) is 3.49. The number of aliphatic carboxylic acids is 1. The number of carboxylic acid groups (broad SMARTS) is 1. The van der Waals surface area contributed by atoms with E-state index in [1.807, 2.05) is 0 Å². The van der Waals surface area contributed by atoms with Crippen molar-refractivity contribution in [2.45, 2.75) is 44.6 Å². The van der Waals surface area contributed by atoms with Crippen molar-refractivity contribution in [2.75, 3.05) is 39.2 Å². The Labute approximate surface area is 165 Å². The number of carboxylic acids is 1. The van der Waals surface area contributed by atoms with Gasteiger partial charge >= 0.3 is 5.97 Å². The Kier molecular flexibility index (Phi) is 13.1. The summed E-state index contributed by atoms with van der Waals surface area (Å²) >= 11 is 0. The van der Waals surface area contributed by atoms with Gasteiger partial charge in [-0.1, -0.05) is 6.42 Å². The fourth-order valence-corrected chi connectivity index (χ4v) is 4.17. The maximum atomic E-state index is 12.3. The molecule has 0 aromatic rings. The molecule has 0 aromatic carbocycles. The molecule has 0 fully saturated rings. The molecule has 0 spiro atoms. The summed E-state index contributed by atoms with van der Waals surface area (Å²) in [5, 5.41) is 14.6. The van der Waals surface area contributed by atoms with Crippen molar-refractivity contribution < 1.29 is 27.9 Å². The van der Waals surface area contributed by atoms with Crippen LogP contribution in [0.2, 0.25) is 0 Å². The Morgan fingerprint density at radius 2 is 1.78 bits per heavy atom. The van der Waals surface area contributed by atoms with Crippen LogP contribution in [0, 0.1) is 0 Å². The first-order valence-electron chi connectivity index (χ1n) is 8.82. The van der Waals surface area contributed by atoms with Crippen molar-refractivity contribution >= 4 is 37.4 Å². The number of amides is 2. The highest BCUT2D eigenvalue weighted by Crippen LogP contribution is 2.14. The maximum absolute atomic E-state index is 12.3. The average Bonchev–Trinajstić information content (AvgIpc) is 2.57. The zero-order chi connectivity index (χ0) is 20.9. The summed E-state index contributed by atoms with van der Waals surface area (Å²) in [7, 11) is 1.06. The van der Waals surface area contributed by atoms with Gasteiger partial charge < -0.3 is 20.6 Å². The van der Waals surface area contributed by atoms with Gasteiger partial charge in [0.05, 0.1) is 6.42 Å². The van der Waals surface area contributed by atoms with Gasteiger partial charge in [0.2, 0.25) is 11.8 Å². The minimum absolute atomic E-state index is 0.184. The molecule has 3 N–H and O–H groups in total. The summed E-state index contributed by atoms with van der Waals surface area (Å²) in [5.41, 5.74) is 0. The van der Waals surface area contributed by atoms with E-state index in [2.05, 4.69) is 10.6 Å². The molecule has 1 atom stereocenters. The number of nitrogens with zero attached hydrogens (tertiary/aromatic N) is 1. The summed E-state index contributed by atoms with van der Waals surface area (Å²) in [6.45, 7) is 1.12. The number of carbonyl (C=O) groups excluding carboxylic acids is 2. The number of hydrogen-bond acceptors (Lipinski definition) is 7. The number of nitrogens with one attached hydrogen (secondary N) is 2. The highest BCUT2D eigenvalue weighted by Gasteiger charge is 2.28. The lowest BCUT2D eigenvalue weighted by Gasteiger charge is -2.26. The molecule has 27 heavy (non-hydrogen) atoms. The molecular formula is C16H31N3O6S2. The van der Waals surface area contributed by atoms with E-state index in [1.54, 1.807) is 7.05 Å². The van der Waals surface area contributed by atoms with Gasteiger partial charge in [-0.15, -0.1) is 0 Å². The molecule has 1 unspecified atom stereocenters. The Morgan fingerprint density at radius 3 is 2.33 bits per heavy atom. The largest absolute Gasteiger partial charge is 0.481 e. The van der Waals surface area contributed by atoms with Gasteiger partial charge in [-0.3, -0.25) is 14.4 Å². The highest BCUT2D eigenvalue weighted by molar-refractivity contribution is 8.71. The van der Waals surface area contributed by atoms with Crippen molar-refractivity contribution in [3.8, 4) is 0 Å². The number of hydrogen-bond donors (Lipinski definition) is 3. The predicted octanol–water partition coefficient (Wildman–Crippen LogP) is 0.267. The molecule has 0 rings (SSSR count). The summed E-state index contributed by atoms with van der Waals surface area (Å²) in [4.78, 5) is 36.8. The monoisotopic (exact) mass is 425 g/mol. The van der Waals surface area contributed by atoms with E-state index in [1.165, 1.54) is 11.9 Å². The smallest absolute Gasteiger partial charge is 0.305 e. The third-order valence-electron chi connectivity index (χ3n) is 3.77. The van der Waals surface area contributed by atoms with Crippen molar-refractivity contribution in [1.29, 1.82) is 0 Å². The second-order valence-corrected chi connectivity index (χ2v) is 10.8. The van der Waals surface area contributed by atoms with Gasteiger partial charge in [0, 0.05) is 32.0 Å². The van der Waals surface area contributed by atoms with Crippen molar-refractivity contribution in [3.63, 3.8) is 0 Å². The van der Waals surface area contributed by atoms with E-state index in [4.69, 9.17) is 5.11 Å². The van der Waals surface area contributed by atoms with Gasteiger partial charge in [0.15, 0.2) is 8.87 Å². The van der Waals surface area contributed by atoms with E-state index < -0.39 is 33.2 Å². The fourth-order valence-electron chi connectivity index (χ4n) is 2.28. The Balaban J connectivity index is 4.42. The molecule has 0 radical (unpaired) electrons. The molecule has 2 amide bonds. The lowest BCUT2D eigenvalue weighted by atomic mass is 10.1. The number of likely N-dealkylation sites (N-methyl/N-ethyl adjacent to an activating group) is 1. The second-order valence-electron chi connectivity index (χ2n) is 6.20. The summed E-state index contributed by atoms with van der Waals surface area (Å²) in [6, 6.07) is -1.05. The van der Waals surface area contributed by atoms with E-state index in [-0.39, 0.29) is 12.3 Å². The minimum atomic E-state index is -3.05. The van der Waals surface area contributed by atoms with E-state index in [0.29, 0.717) is 38.0 Å². The van der Waals surface area contributed by atoms with E-state index >= 15 is 0 Å². The van der Waals surface area contributed by atoms with Gasteiger partial charge in [0.25, 0.3) is 0 Å². The van der Waals surface area contributed by atoms with Crippen LogP contribution in [-0.2, 0) is 23.3 Å². The molecule has 0 aliphatic rings. The predicted molar refractivity (Wildman–Crippen MR) is 106 cm³/mol. The third kappa shape index (κ3) is 13.5. The maximum Gasteiger partial charge on any atom is 0.305 e. The lowest BCUT2D eigenvalue weighted by Crippen LogP contribution is -2.49. The Bertz CT molecular complexity index is 583. The first-order valence-corrected chi connectivity index (χ1v) is 12.2. The van der Waals surface area contributed by atoms with Crippen LogP contribution < -0.4 is 10.6 Å². The Morgan fingerprint density at radius 1 is 1.11 bits per heavy atom. The van der Waals surface area contributed by atoms with Crippen LogP contribution in [0.5, 0.6) is 0 Å². The van der Waals surface area contributed by atoms with Crippen LogP contribution in [0.3, 0.4) is 0 Å². The van der Waals surface area contributed by atoms with E-state index in [0.717, 1.165) is 23.6 Å². The topological polar surface area (TPSA) is 133 Å². The first kappa shape index (κ1) is 25.7. The molecule has 9 nitrogen and oxygen atoms in total. The van der Waals surface area contributed by atoms with Gasteiger partial charge in [0.1, 0.15) is 6.04 Å². The molecule has 0 aliphatic heterocycles. The third-order valence-corrected chi connectivity index (χ3v) is 6.43. The zero-order valence-electron chi connectivity index (χ0n) is 16.2. The molecular weight excluding hydrogens is 394 g/mol. The molecule has 0 saturated heterocycles. The number of unbranched alkanes of at least 4 members (excludes halogenated alkanes) is 2.